The molecule has 0 aromatic heterocycles. The fourth-order valence-electron chi connectivity index (χ4n) is 3.33. The summed E-state index contributed by atoms with van der Waals surface area (Å²) < 4.78 is 30.2. The Morgan fingerprint density at radius 3 is 2.10 bits per heavy atom. The Balaban J connectivity index is 2.01. The molecule has 1 amide bonds. The van der Waals surface area contributed by atoms with E-state index in [2.05, 4.69) is 0 Å². The summed E-state index contributed by atoms with van der Waals surface area (Å²) in [5, 5.41) is 9.28. The number of rotatable bonds is 7. The van der Waals surface area contributed by atoms with Gasteiger partial charge in [-0.1, -0.05) is 66.7 Å². The van der Waals surface area contributed by atoms with Crippen molar-refractivity contribution in [3.05, 3.63) is 84.4 Å². The van der Waals surface area contributed by atoms with Crippen LogP contribution in [0.1, 0.15) is 12.5 Å². The van der Waals surface area contributed by atoms with Crippen molar-refractivity contribution >= 4 is 15.7 Å². The Hall–Kier alpha value is -3.16. The molecule has 0 saturated carbocycles. The number of hydrogen-bond donors (Lipinski definition) is 2. The van der Waals surface area contributed by atoms with Crippen LogP contribution >= 0.6 is 0 Å². The zero-order chi connectivity index (χ0) is 21.8. The first-order chi connectivity index (χ1) is 14.3. The summed E-state index contributed by atoms with van der Waals surface area (Å²) in [6.45, 7) is 1.30. The number of para-hydroxylation sites is 1. The number of carbonyl (C=O) groups excluding carboxylic acids is 1. The highest BCUT2D eigenvalue weighted by Gasteiger charge is 2.48. The van der Waals surface area contributed by atoms with Crippen LogP contribution in [0.15, 0.2) is 83.8 Å². The Morgan fingerprint density at radius 2 is 1.50 bits per heavy atom. The zero-order valence-corrected chi connectivity index (χ0v) is 17.5. The topological polar surface area (TPSA) is 92.7 Å². The van der Waals surface area contributed by atoms with Gasteiger partial charge in [0.15, 0.2) is 14.6 Å². The Labute approximate surface area is 176 Å². The maximum Gasteiger partial charge on any atom is 0.265 e. The average Bonchev–Trinajstić information content (AvgIpc) is 2.79. The van der Waals surface area contributed by atoms with Crippen LogP contribution in [-0.2, 0) is 21.1 Å². The summed E-state index contributed by atoms with van der Waals surface area (Å²) in [5.74, 6) is -0.880. The number of sulfone groups is 1. The van der Waals surface area contributed by atoms with E-state index in [4.69, 9.17) is 4.74 Å². The van der Waals surface area contributed by atoms with Gasteiger partial charge in [0, 0.05) is 6.42 Å². The van der Waals surface area contributed by atoms with Gasteiger partial charge in [0.1, 0.15) is 10.6 Å². The largest absolute Gasteiger partial charge is 0.495 e. The van der Waals surface area contributed by atoms with Gasteiger partial charge >= 0.3 is 0 Å². The Bertz CT molecular complexity index is 1130. The molecule has 6 nitrogen and oxygen atoms in total. The van der Waals surface area contributed by atoms with Crippen molar-refractivity contribution in [2.75, 3.05) is 7.11 Å². The van der Waals surface area contributed by atoms with Crippen LogP contribution < -0.4 is 10.2 Å². The van der Waals surface area contributed by atoms with Crippen molar-refractivity contribution in [1.29, 1.82) is 0 Å². The van der Waals surface area contributed by atoms with E-state index in [1.807, 2.05) is 42.5 Å². The number of carbonyl (C=O) groups is 1. The highest BCUT2D eigenvalue weighted by Crippen LogP contribution is 2.35. The normalized spacial score (nSPS) is 13.3. The second-order valence-electron chi connectivity index (χ2n) is 7.07. The molecule has 0 aliphatic carbocycles. The van der Waals surface area contributed by atoms with Crippen LogP contribution in [-0.4, -0.2) is 31.4 Å². The van der Waals surface area contributed by atoms with Crippen molar-refractivity contribution in [2.24, 2.45) is 0 Å². The lowest BCUT2D eigenvalue weighted by molar-refractivity contribution is -0.131. The molecule has 1 atom stereocenters. The molecule has 0 bridgehead atoms. The van der Waals surface area contributed by atoms with E-state index in [1.165, 1.54) is 31.6 Å². The highest BCUT2D eigenvalue weighted by atomic mass is 32.2. The summed E-state index contributed by atoms with van der Waals surface area (Å²) >= 11 is 0. The van der Waals surface area contributed by atoms with Gasteiger partial charge in [-0.05, 0) is 35.7 Å². The minimum absolute atomic E-state index is 0.112. The molecule has 0 radical (unpaired) electrons. The first kappa shape index (κ1) is 21.5. The molecular formula is C23H23NO5S. The second-order valence-corrected chi connectivity index (χ2v) is 9.41. The fourth-order valence-corrected chi connectivity index (χ4v) is 5.14. The van der Waals surface area contributed by atoms with Crippen LogP contribution in [0.3, 0.4) is 0 Å². The van der Waals surface area contributed by atoms with Crippen molar-refractivity contribution in [2.45, 2.75) is 23.0 Å². The molecule has 3 rings (SSSR count). The lowest BCUT2D eigenvalue weighted by Crippen LogP contribution is -2.51. The molecule has 2 N–H and O–H groups in total. The summed E-state index contributed by atoms with van der Waals surface area (Å²) in [5.41, 5.74) is 4.16. The van der Waals surface area contributed by atoms with Crippen molar-refractivity contribution in [3.8, 4) is 16.9 Å². The molecule has 30 heavy (non-hydrogen) atoms. The number of ether oxygens (including phenoxy) is 1. The van der Waals surface area contributed by atoms with Gasteiger partial charge in [-0.15, -0.1) is 0 Å². The third-order valence-corrected chi connectivity index (χ3v) is 7.57. The molecule has 0 aliphatic heterocycles. The van der Waals surface area contributed by atoms with Gasteiger partial charge in [0.2, 0.25) is 0 Å². The average molecular weight is 426 g/mol. The number of nitrogens with one attached hydrogen (secondary N) is 1. The van der Waals surface area contributed by atoms with Gasteiger partial charge in [0.25, 0.3) is 5.91 Å². The van der Waals surface area contributed by atoms with E-state index in [0.29, 0.717) is 5.56 Å². The maximum absolute atomic E-state index is 13.5. The summed E-state index contributed by atoms with van der Waals surface area (Å²) in [7, 11) is -2.85. The monoisotopic (exact) mass is 425 g/mol. The summed E-state index contributed by atoms with van der Waals surface area (Å²) in [6, 6.07) is 23.2. The SMILES string of the molecule is COc1ccccc1S(=O)(=O)C(C)(Cc1ccc(-c2ccccc2)cc1)C(=O)NO. The van der Waals surface area contributed by atoms with Gasteiger partial charge in [0.05, 0.1) is 7.11 Å². The lowest BCUT2D eigenvalue weighted by atomic mass is 9.97. The molecule has 0 aliphatic rings. The molecule has 156 valence electrons. The van der Waals surface area contributed by atoms with Gasteiger partial charge < -0.3 is 4.74 Å². The van der Waals surface area contributed by atoms with E-state index in [1.54, 1.807) is 24.3 Å². The zero-order valence-electron chi connectivity index (χ0n) is 16.7. The maximum atomic E-state index is 13.5. The molecule has 0 fully saturated rings. The van der Waals surface area contributed by atoms with Crippen LogP contribution in [0.2, 0.25) is 0 Å². The van der Waals surface area contributed by atoms with Crippen LogP contribution in [0, 0.1) is 0 Å². The first-order valence-corrected chi connectivity index (χ1v) is 10.8. The predicted molar refractivity (Wildman–Crippen MR) is 114 cm³/mol. The van der Waals surface area contributed by atoms with E-state index in [-0.39, 0.29) is 17.1 Å². The third kappa shape index (κ3) is 3.94. The smallest absolute Gasteiger partial charge is 0.265 e. The highest BCUT2D eigenvalue weighted by molar-refractivity contribution is 7.93. The third-order valence-electron chi connectivity index (χ3n) is 5.14. The molecule has 3 aromatic rings. The van der Waals surface area contributed by atoms with Crippen LogP contribution in [0.25, 0.3) is 11.1 Å². The molecule has 0 spiro atoms. The first-order valence-electron chi connectivity index (χ1n) is 9.30. The minimum Gasteiger partial charge on any atom is -0.495 e. The van der Waals surface area contributed by atoms with Crippen molar-refractivity contribution < 1.29 is 23.2 Å². The van der Waals surface area contributed by atoms with Crippen molar-refractivity contribution in [1.82, 2.24) is 5.48 Å². The van der Waals surface area contributed by atoms with Crippen molar-refractivity contribution in [3.63, 3.8) is 0 Å². The minimum atomic E-state index is -4.21. The summed E-state index contributed by atoms with van der Waals surface area (Å²) in [4.78, 5) is 12.5. The van der Waals surface area contributed by atoms with E-state index < -0.39 is 20.5 Å². The molecule has 1 unspecified atom stereocenters. The molecule has 3 aromatic carbocycles. The number of benzene rings is 3. The number of amides is 1. The number of hydroxylamine groups is 1. The van der Waals surface area contributed by atoms with Crippen LogP contribution in [0.5, 0.6) is 5.75 Å². The second kappa shape index (κ2) is 8.69. The predicted octanol–water partition coefficient (Wildman–Crippen LogP) is 3.64. The molecular weight excluding hydrogens is 402 g/mol. The van der Waals surface area contributed by atoms with E-state index in [9.17, 15) is 18.4 Å². The molecule has 0 heterocycles. The van der Waals surface area contributed by atoms with Gasteiger partial charge in [-0.3, -0.25) is 10.0 Å². The summed E-state index contributed by atoms with van der Waals surface area (Å²) in [6.07, 6.45) is -0.130. The van der Waals surface area contributed by atoms with E-state index >= 15 is 0 Å². The van der Waals surface area contributed by atoms with Gasteiger partial charge in [-0.25, -0.2) is 13.9 Å². The standard InChI is InChI=1S/C23H23NO5S/c1-23(22(25)24-26,30(27,28)21-11-7-6-10-20(21)29-2)16-17-12-14-19(15-13-17)18-8-4-3-5-9-18/h3-15,26H,16H2,1-2H3,(H,24,25). The number of methoxy groups -OCH3 is 1. The van der Waals surface area contributed by atoms with E-state index in [0.717, 1.165) is 11.1 Å². The Kier molecular flexibility index (Phi) is 6.24. The molecule has 0 saturated heterocycles. The quantitative estimate of drug-likeness (QED) is 0.445. The lowest BCUT2D eigenvalue weighted by Gasteiger charge is -2.28. The fraction of sp³-hybridized carbons (Fsp3) is 0.174. The Morgan fingerprint density at radius 1 is 0.933 bits per heavy atom. The number of hydrogen-bond acceptors (Lipinski definition) is 5. The molecule has 7 heteroatoms. The van der Waals surface area contributed by atoms with Gasteiger partial charge in [-0.2, -0.15) is 0 Å². The van der Waals surface area contributed by atoms with Crippen LogP contribution in [0.4, 0.5) is 0 Å².